The van der Waals surface area contributed by atoms with E-state index in [1.165, 1.54) is 12.8 Å². The van der Waals surface area contributed by atoms with Crippen LogP contribution in [0.1, 0.15) is 55.8 Å². The van der Waals surface area contributed by atoms with Gasteiger partial charge in [-0.05, 0) is 43.5 Å². The molecule has 1 aliphatic heterocycles. The lowest BCUT2D eigenvalue weighted by atomic mass is 10.1. The van der Waals surface area contributed by atoms with Crippen LogP contribution in [-0.4, -0.2) is 35.8 Å². The number of rotatable bonds is 5. The van der Waals surface area contributed by atoms with E-state index in [9.17, 15) is 9.59 Å². The molecule has 0 aliphatic carbocycles. The molecule has 126 valence electrons. The predicted molar refractivity (Wildman–Crippen MR) is 92.3 cm³/mol. The number of hydrogen-bond donors (Lipinski definition) is 2. The third-order valence-corrected chi connectivity index (χ3v) is 4.23. The Balaban J connectivity index is 1.95. The summed E-state index contributed by atoms with van der Waals surface area (Å²) in [5.41, 5.74) is 7.14. The van der Waals surface area contributed by atoms with E-state index in [1.54, 1.807) is 24.3 Å². The molecule has 23 heavy (non-hydrogen) atoms. The van der Waals surface area contributed by atoms with Crippen LogP contribution in [0.15, 0.2) is 24.3 Å². The molecule has 2 amide bonds. The van der Waals surface area contributed by atoms with Gasteiger partial charge in [0.1, 0.15) is 0 Å². The Kier molecular flexibility index (Phi) is 6.59. The summed E-state index contributed by atoms with van der Waals surface area (Å²) in [5, 5.41) is 2.79. The molecule has 0 spiro atoms. The smallest absolute Gasteiger partial charge is 0.253 e. The van der Waals surface area contributed by atoms with Gasteiger partial charge < -0.3 is 16.0 Å². The van der Waals surface area contributed by atoms with Crippen molar-refractivity contribution in [3.63, 3.8) is 0 Å². The summed E-state index contributed by atoms with van der Waals surface area (Å²) < 4.78 is 0. The standard InChI is InChI=1S/C18H27N3O2/c1-2-7-16(19)17(22)20-15-10-8-14(9-11-15)18(23)21-12-5-3-4-6-13-21/h8-11,16H,2-7,12-13,19H2,1H3,(H,20,22). The number of nitrogens with two attached hydrogens (primary N) is 1. The number of anilines is 1. The van der Waals surface area contributed by atoms with Crippen molar-refractivity contribution in [2.75, 3.05) is 18.4 Å². The zero-order chi connectivity index (χ0) is 16.7. The summed E-state index contributed by atoms with van der Waals surface area (Å²) >= 11 is 0. The van der Waals surface area contributed by atoms with Crippen molar-refractivity contribution >= 4 is 17.5 Å². The average Bonchev–Trinajstić information content (AvgIpc) is 2.84. The van der Waals surface area contributed by atoms with E-state index in [1.807, 2.05) is 11.8 Å². The lowest BCUT2D eigenvalue weighted by Gasteiger charge is -2.20. The second-order valence-corrected chi connectivity index (χ2v) is 6.17. The summed E-state index contributed by atoms with van der Waals surface area (Å²) in [6.07, 6.45) is 6.10. The van der Waals surface area contributed by atoms with E-state index in [2.05, 4.69) is 5.32 Å². The fraction of sp³-hybridized carbons (Fsp3) is 0.556. The number of hydrogen-bond acceptors (Lipinski definition) is 3. The molecule has 1 fully saturated rings. The number of likely N-dealkylation sites (tertiary alicyclic amines) is 1. The Morgan fingerprint density at radius 3 is 2.30 bits per heavy atom. The Hall–Kier alpha value is -1.88. The minimum absolute atomic E-state index is 0.0764. The number of amides is 2. The van der Waals surface area contributed by atoms with Crippen LogP contribution < -0.4 is 11.1 Å². The van der Waals surface area contributed by atoms with Crippen molar-refractivity contribution in [2.24, 2.45) is 5.73 Å². The molecule has 1 atom stereocenters. The highest BCUT2D eigenvalue weighted by Crippen LogP contribution is 2.16. The Morgan fingerprint density at radius 1 is 1.13 bits per heavy atom. The molecule has 0 aromatic heterocycles. The highest BCUT2D eigenvalue weighted by atomic mass is 16.2. The fourth-order valence-electron chi connectivity index (χ4n) is 2.83. The third-order valence-electron chi connectivity index (χ3n) is 4.23. The quantitative estimate of drug-likeness (QED) is 0.877. The minimum atomic E-state index is -0.488. The average molecular weight is 317 g/mol. The molecule has 2 rings (SSSR count). The van der Waals surface area contributed by atoms with Crippen molar-refractivity contribution in [1.82, 2.24) is 4.90 Å². The SMILES string of the molecule is CCCC(N)C(=O)Nc1ccc(C(=O)N2CCCCCC2)cc1. The zero-order valence-electron chi connectivity index (χ0n) is 13.9. The molecule has 5 nitrogen and oxygen atoms in total. The fourth-order valence-corrected chi connectivity index (χ4v) is 2.83. The number of benzene rings is 1. The number of carbonyl (C=O) groups excluding carboxylic acids is 2. The molecule has 1 unspecified atom stereocenters. The molecular formula is C18H27N3O2. The van der Waals surface area contributed by atoms with Crippen molar-refractivity contribution < 1.29 is 9.59 Å². The van der Waals surface area contributed by atoms with Crippen LogP contribution in [0.5, 0.6) is 0 Å². The largest absolute Gasteiger partial charge is 0.339 e. The van der Waals surface area contributed by atoms with Gasteiger partial charge in [-0.1, -0.05) is 26.2 Å². The van der Waals surface area contributed by atoms with E-state index in [0.717, 1.165) is 32.4 Å². The van der Waals surface area contributed by atoms with Gasteiger partial charge in [-0.15, -0.1) is 0 Å². The van der Waals surface area contributed by atoms with Crippen molar-refractivity contribution in [1.29, 1.82) is 0 Å². The Labute approximate surface area is 138 Å². The van der Waals surface area contributed by atoms with Crippen LogP contribution in [0.2, 0.25) is 0 Å². The first-order valence-corrected chi connectivity index (χ1v) is 8.57. The van der Waals surface area contributed by atoms with Crippen LogP contribution in [0.3, 0.4) is 0 Å². The first-order valence-electron chi connectivity index (χ1n) is 8.57. The van der Waals surface area contributed by atoms with Crippen LogP contribution in [-0.2, 0) is 4.79 Å². The van der Waals surface area contributed by atoms with E-state index in [-0.39, 0.29) is 11.8 Å². The van der Waals surface area contributed by atoms with Crippen LogP contribution in [0, 0.1) is 0 Å². The molecule has 0 saturated carbocycles. The molecule has 1 saturated heterocycles. The normalized spacial score (nSPS) is 16.5. The molecule has 0 radical (unpaired) electrons. The topological polar surface area (TPSA) is 75.4 Å². The highest BCUT2D eigenvalue weighted by Gasteiger charge is 2.17. The van der Waals surface area contributed by atoms with Gasteiger partial charge in [-0.3, -0.25) is 9.59 Å². The second kappa shape index (κ2) is 8.67. The van der Waals surface area contributed by atoms with E-state index < -0.39 is 6.04 Å². The van der Waals surface area contributed by atoms with Crippen molar-refractivity contribution in [2.45, 2.75) is 51.5 Å². The number of nitrogens with one attached hydrogen (secondary N) is 1. The van der Waals surface area contributed by atoms with Gasteiger partial charge in [0.15, 0.2) is 0 Å². The third kappa shape index (κ3) is 5.06. The molecule has 1 aliphatic rings. The molecule has 1 aromatic rings. The van der Waals surface area contributed by atoms with Crippen LogP contribution in [0.25, 0.3) is 0 Å². The summed E-state index contributed by atoms with van der Waals surface area (Å²) in [4.78, 5) is 26.3. The van der Waals surface area contributed by atoms with E-state index in [4.69, 9.17) is 5.73 Å². The van der Waals surface area contributed by atoms with E-state index >= 15 is 0 Å². The molecule has 5 heteroatoms. The van der Waals surface area contributed by atoms with Gasteiger partial charge in [0.2, 0.25) is 5.91 Å². The maximum atomic E-state index is 12.5. The molecule has 1 heterocycles. The predicted octanol–water partition coefficient (Wildman–Crippen LogP) is 2.77. The Morgan fingerprint density at radius 2 is 1.74 bits per heavy atom. The van der Waals surface area contributed by atoms with Crippen LogP contribution >= 0.6 is 0 Å². The van der Waals surface area contributed by atoms with Gasteiger partial charge in [0.25, 0.3) is 5.91 Å². The summed E-state index contributed by atoms with van der Waals surface area (Å²) in [5.74, 6) is -0.106. The summed E-state index contributed by atoms with van der Waals surface area (Å²) in [6, 6.07) is 6.59. The maximum Gasteiger partial charge on any atom is 0.253 e. The molecular weight excluding hydrogens is 290 g/mol. The lowest BCUT2D eigenvalue weighted by Crippen LogP contribution is -2.35. The van der Waals surface area contributed by atoms with Crippen molar-refractivity contribution in [3.05, 3.63) is 29.8 Å². The lowest BCUT2D eigenvalue weighted by molar-refractivity contribution is -0.117. The second-order valence-electron chi connectivity index (χ2n) is 6.17. The highest BCUT2D eigenvalue weighted by molar-refractivity contribution is 5.97. The van der Waals surface area contributed by atoms with Gasteiger partial charge in [0, 0.05) is 24.3 Å². The minimum Gasteiger partial charge on any atom is -0.339 e. The Bertz CT molecular complexity index is 520. The van der Waals surface area contributed by atoms with Gasteiger partial charge in [-0.25, -0.2) is 0 Å². The monoisotopic (exact) mass is 317 g/mol. The number of carbonyl (C=O) groups is 2. The van der Waals surface area contributed by atoms with Gasteiger partial charge in [-0.2, -0.15) is 0 Å². The summed E-state index contributed by atoms with van der Waals surface area (Å²) in [7, 11) is 0. The molecule has 0 bridgehead atoms. The first kappa shape index (κ1) is 17.5. The van der Waals surface area contributed by atoms with E-state index in [0.29, 0.717) is 17.7 Å². The maximum absolute atomic E-state index is 12.5. The van der Waals surface area contributed by atoms with Gasteiger partial charge in [0.05, 0.1) is 6.04 Å². The number of nitrogens with zero attached hydrogens (tertiary/aromatic N) is 1. The summed E-state index contributed by atoms with van der Waals surface area (Å²) in [6.45, 7) is 3.67. The first-order chi connectivity index (χ1) is 11.1. The molecule has 3 N–H and O–H groups in total. The zero-order valence-corrected chi connectivity index (χ0v) is 13.9. The van der Waals surface area contributed by atoms with Gasteiger partial charge >= 0.3 is 0 Å². The molecule has 1 aromatic carbocycles. The van der Waals surface area contributed by atoms with Crippen molar-refractivity contribution in [3.8, 4) is 0 Å². The van der Waals surface area contributed by atoms with Crippen LogP contribution in [0.4, 0.5) is 5.69 Å².